The maximum atomic E-state index is 5.71. The summed E-state index contributed by atoms with van der Waals surface area (Å²) in [6, 6.07) is 7.54. The number of aliphatic imine (C=N–C) groups is 1. The molecule has 0 aliphatic carbocycles. The summed E-state index contributed by atoms with van der Waals surface area (Å²) in [7, 11) is 1.65. The van der Waals surface area contributed by atoms with Crippen LogP contribution in [0.2, 0.25) is 0 Å². The predicted molar refractivity (Wildman–Crippen MR) is 118 cm³/mol. The molecule has 0 radical (unpaired) electrons. The SMILES string of the molecule is CCNC(=NCCc1c(C)noc1C)NCCOc1ccc(OC)cc1.I. The number of rotatable bonds is 9. The molecule has 0 fully saturated rings. The molecule has 7 nitrogen and oxygen atoms in total. The van der Waals surface area contributed by atoms with Crippen molar-refractivity contribution in [1.29, 1.82) is 0 Å². The largest absolute Gasteiger partial charge is 0.497 e. The molecule has 0 atom stereocenters. The van der Waals surface area contributed by atoms with Crippen LogP contribution in [0.5, 0.6) is 11.5 Å². The molecule has 0 aliphatic rings. The topological polar surface area (TPSA) is 80.9 Å². The lowest BCUT2D eigenvalue weighted by Crippen LogP contribution is -2.39. The van der Waals surface area contributed by atoms with Crippen molar-refractivity contribution in [3.05, 3.63) is 41.3 Å². The van der Waals surface area contributed by atoms with Gasteiger partial charge in [-0.1, -0.05) is 5.16 Å². The third-order valence-electron chi connectivity index (χ3n) is 3.88. The third kappa shape index (κ3) is 7.66. The summed E-state index contributed by atoms with van der Waals surface area (Å²) in [5.41, 5.74) is 2.07. The van der Waals surface area contributed by atoms with Gasteiger partial charge in [0.15, 0.2) is 5.96 Å². The van der Waals surface area contributed by atoms with Crippen LogP contribution in [0.25, 0.3) is 0 Å². The van der Waals surface area contributed by atoms with Crippen LogP contribution >= 0.6 is 24.0 Å². The average molecular weight is 488 g/mol. The zero-order chi connectivity index (χ0) is 18.8. The third-order valence-corrected chi connectivity index (χ3v) is 3.88. The molecule has 2 rings (SSSR count). The van der Waals surface area contributed by atoms with Crippen molar-refractivity contribution in [2.24, 2.45) is 4.99 Å². The van der Waals surface area contributed by atoms with Crippen molar-refractivity contribution in [3.63, 3.8) is 0 Å². The van der Waals surface area contributed by atoms with Crippen molar-refractivity contribution in [2.45, 2.75) is 27.2 Å². The number of benzene rings is 1. The molecule has 0 amide bonds. The highest BCUT2D eigenvalue weighted by Gasteiger charge is 2.08. The van der Waals surface area contributed by atoms with Crippen LogP contribution in [0, 0.1) is 13.8 Å². The van der Waals surface area contributed by atoms with E-state index in [0.29, 0.717) is 19.7 Å². The van der Waals surface area contributed by atoms with E-state index in [0.717, 1.165) is 47.4 Å². The van der Waals surface area contributed by atoms with Crippen molar-refractivity contribution in [2.75, 3.05) is 33.4 Å². The lowest BCUT2D eigenvalue weighted by Gasteiger charge is -2.12. The molecule has 0 aliphatic heterocycles. The lowest BCUT2D eigenvalue weighted by atomic mass is 10.1. The van der Waals surface area contributed by atoms with Gasteiger partial charge in [-0.2, -0.15) is 0 Å². The Morgan fingerprint density at radius 3 is 2.44 bits per heavy atom. The van der Waals surface area contributed by atoms with Crippen molar-refractivity contribution >= 4 is 29.9 Å². The smallest absolute Gasteiger partial charge is 0.191 e. The summed E-state index contributed by atoms with van der Waals surface area (Å²) in [5, 5.41) is 10.5. The number of hydrogen-bond acceptors (Lipinski definition) is 5. The Labute approximate surface area is 177 Å². The van der Waals surface area contributed by atoms with Gasteiger partial charge in [-0.25, -0.2) is 0 Å². The van der Waals surface area contributed by atoms with Crippen LogP contribution in [-0.4, -0.2) is 44.5 Å². The number of nitrogens with zero attached hydrogens (tertiary/aromatic N) is 2. The molecular weight excluding hydrogens is 459 g/mol. The van der Waals surface area contributed by atoms with Crippen molar-refractivity contribution in [3.8, 4) is 11.5 Å². The van der Waals surface area contributed by atoms with Crippen LogP contribution < -0.4 is 20.1 Å². The first-order chi connectivity index (χ1) is 12.6. The quantitative estimate of drug-likeness (QED) is 0.245. The van der Waals surface area contributed by atoms with E-state index in [1.807, 2.05) is 45.0 Å². The molecule has 1 heterocycles. The molecule has 0 saturated heterocycles. The Bertz CT molecular complexity index is 682. The monoisotopic (exact) mass is 488 g/mol. The Hall–Kier alpha value is -1.97. The van der Waals surface area contributed by atoms with Crippen LogP contribution in [0.1, 0.15) is 23.9 Å². The van der Waals surface area contributed by atoms with Gasteiger partial charge in [-0.3, -0.25) is 4.99 Å². The molecule has 2 aromatic rings. The second-order valence-electron chi connectivity index (χ2n) is 5.76. The van der Waals surface area contributed by atoms with Gasteiger partial charge >= 0.3 is 0 Å². The summed E-state index contributed by atoms with van der Waals surface area (Å²) >= 11 is 0. The molecule has 0 saturated carbocycles. The van der Waals surface area contributed by atoms with Gasteiger partial charge in [-0.05, 0) is 51.5 Å². The first-order valence-electron chi connectivity index (χ1n) is 8.84. The average Bonchev–Trinajstić information content (AvgIpc) is 2.97. The number of methoxy groups -OCH3 is 1. The molecule has 150 valence electrons. The molecule has 1 aromatic heterocycles. The van der Waals surface area contributed by atoms with E-state index in [1.165, 1.54) is 0 Å². The van der Waals surface area contributed by atoms with Crippen LogP contribution in [0.4, 0.5) is 0 Å². The number of aromatic nitrogens is 1. The summed E-state index contributed by atoms with van der Waals surface area (Å²) in [4.78, 5) is 4.59. The summed E-state index contributed by atoms with van der Waals surface area (Å²) in [6.45, 7) is 8.59. The van der Waals surface area contributed by atoms with E-state index in [9.17, 15) is 0 Å². The fourth-order valence-electron chi connectivity index (χ4n) is 2.49. The van der Waals surface area contributed by atoms with E-state index in [-0.39, 0.29) is 24.0 Å². The second-order valence-corrected chi connectivity index (χ2v) is 5.76. The molecule has 27 heavy (non-hydrogen) atoms. The normalized spacial score (nSPS) is 10.9. The highest BCUT2D eigenvalue weighted by atomic mass is 127. The first-order valence-corrected chi connectivity index (χ1v) is 8.84. The number of hydrogen-bond donors (Lipinski definition) is 2. The van der Waals surface area contributed by atoms with E-state index in [2.05, 4.69) is 20.8 Å². The van der Waals surface area contributed by atoms with E-state index in [4.69, 9.17) is 14.0 Å². The van der Waals surface area contributed by atoms with Gasteiger partial charge in [0.05, 0.1) is 19.3 Å². The zero-order valence-electron chi connectivity index (χ0n) is 16.4. The summed E-state index contributed by atoms with van der Waals surface area (Å²) < 4.78 is 16.0. The molecule has 2 N–H and O–H groups in total. The predicted octanol–water partition coefficient (Wildman–Crippen LogP) is 3.09. The summed E-state index contributed by atoms with van der Waals surface area (Å²) in [6.07, 6.45) is 0.806. The number of nitrogens with one attached hydrogen (secondary N) is 2. The second kappa shape index (κ2) is 12.4. The van der Waals surface area contributed by atoms with Crippen LogP contribution in [0.3, 0.4) is 0 Å². The minimum Gasteiger partial charge on any atom is -0.497 e. The summed E-state index contributed by atoms with van der Waals surface area (Å²) in [5.74, 6) is 3.27. The number of guanidine groups is 1. The van der Waals surface area contributed by atoms with Gasteiger partial charge in [0, 0.05) is 18.7 Å². The van der Waals surface area contributed by atoms with E-state index in [1.54, 1.807) is 7.11 Å². The highest BCUT2D eigenvalue weighted by molar-refractivity contribution is 14.0. The van der Waals surface area contributed by atoms with Crippen molar-refractivity contribution < 1.29 is 14.0 Å². The molecular formula is C19H29IN4O3. The van der Waals surface area contributed by atoms with Gasteiger partial charge in [0.2, 0.25) is 0 Å². The van der Waals surface area contributed by atoms with Gasteiger partial charge in [0.25, 0.3) is 0 Å². The Kier molecular flexibility index (Phi) is 10.6. The van der Waals surface area contributed by atoms with Gasteiger partial charge in [0.1, 0.15) is 23.9 Å². The number of halogens is 1. The molecule has 0 bridgehead atoms. The number of aryl methyl sites for hydroxylation is 2. The fraction of sp³-hybridized carbons (Fsp3) is 0.474. The molecule has 0 spiro atoms. The van der Waals surface area contributed by atoms with Crippen LogP contribution in [0.15, 0.2) is 33.8 Å². The maximum absolute atomic E-state index is 5.71. The molecule has 0 unspecified atom stereocenters. The first kappa shape index (κ1) is 23.1. The zero-order valence-corrected chi connectivity index (χ0v) is 18.7. The highest BCUT2D eigenvalue weighted by Crippen LogP contribution is 2.16. The van der Waals surface area contributed by atoms with Gasteiger partial charge < -0.3 is 24.6 Å². The Balaban J connectivity index is 0.00000364. The lowest BCUT2D eigenvalue weighted by molar-refractivity contribution is 0.321. The fourth-order valence-corrected chi connectivity index (χ4v) is 2.49. The minimum atomic E-state index is 0. The van der Waals surface area contributed by atoms with Crippen molar-refractivity contribution in [1.82, 2.24) is 15.8 Å². The number of ether oxygens (including phenoxy) is 2. The van der Waals surface area contributed by atoms with E-state index >= 15 is 0 Å². The maximum Gasteiger partial charge on any atom is 0.191 e. The molecule has 8 heteroatoms. The van der Waals surface area contributed by atoms with Crippen LogP contribution in [-0.2, 0) is 6.42 Å². The van der Waals surface area contributed by atoms with Gasteiger partial charge in [-0.15, -0.1) is 24.0 Å². The Morgan fingerprint density at radius 2 is 1.85 bits per heavy atom. The Morgan fingerprint density at radius 1 is 1.15 bits per heavy atom. The standard InChI is InChI=1S/C19H28N4O3.HI/c1-5-20-19(21-11-10-18-14(2)23-26-15(18)3)22-12-13-25-17-8-6-16(24-4)7-9-17;/h6-9H,5,10-13H2,1-4H3,(H2,20,21,22);1H. The van der Waals surface area contributed by atoms with E-state index < -0.39 is 0 Å². The molecule has 1 aromatic carbocycles. The minimum absolute atomic E-state index is 0.